The highest BCUT2D eigenvalue weighted by Crippen LogP contribution is 2.35. The zero-order valence-electron chi connectivity index (χ0n) is 58.8. The Hall–Kier alpha value is -4.37. The summed E-state index contributed by atoms with van der Waals surface area (Å²) in [6.07, 6.45) is 4.68. The van der Waals surface area contributed by atoms with E-state index in [0.717, 1.165) is 48.9 Å². The van der Waals surface area contributed by atoms with Crippen molar-refractivity contribution in [1.29, 1.82) is 0 Å². The summed E-state index contributed by atoms with van der Waals surface area (Å²) >= 11 is 0. The minimum atomic E-state index is -2.75. The Kier molecular flexibility index (Phi) is 36.0. The molecule has 28 heteroatoms. The van der Waals surface area contributed by atoms with Crippen molar-refractivity contribution in [3.8, 4) is 23.0 Å². The van der Waals surface area contributed by atoms with Gasteiger partial charge in [-0.15, -0.1) is 6.58 Å². The molecular weight excluding hydrogens is 1300 g/mol. The molecule has 0 aliphatic carbocycles. The number of ether oxygens (including phenoxy) is 6. The molecule has 90 heavy (non-hydrogen) atoms. The van der Waals surface area contributed by atoms with Crippen LogP contribution in [0.2, 0.25) is 136 Å². The van der Waals surface area contributed by atoms with E-state index in [9.17, 15) is 19.2 Å². The predicted molar refractivity (Wildman–Crippen MR) is 384 cm³/mol. The first-order chi connectivity index (χ1) is 41.3. The Bertz CT molecular complexity index is 2750. The fourth-order valence-corrected chi connectivity index (χ4v) is 47.5. The van der Waals surface area contributed by atoms with Crippen molar-refractivity contribution in [2.75, 3.05) is 40.5 Å². The van der Waals surface area contributed by atoms with Crippen molar-refractivity contribution in [3.05, 3.63) is 120 Å². The highest BCUT2D eigenvalue weighted by atomic mass is 28.5. The number of methoxy groups -OCH3 is 2. The summed E-state index contributed by atoms with van der Waals surface area (Å²) in [6.45, 7) is 55.7. The molecule has 0 aliphatic rings. The molecule has 3 unspecified atom stereocenters. The van der Waals surface area contributed by atoms with E-state index in [2.05, 4.69) is 185 Å². The summed E-state index contributed by atoms with van der Waals surface area (Å²) in [4.78, 5) is 46.8. The minimum Gasteiger partial charge on any atom is -0.493 e. The second-order valence-corrected chi connectivity index (χ2v) is 62.1. The van der Waals surface area contributed by atoms with E-state index in [-0.39, 0.29) is 26.3 Å². The number of rotatable bonds is 36. The molecule has 2 amide bonds. The molecule has 2 N–H and O–H groups in total. The molecule has 0 aliphatic heterocycles. The van der Waals surface area contributed by atoms with Gasteiger partial charge >= 0.3 is 58.4 Å². The smallest absolute Gasteiger partial charge is 0.412 e. The average molecular weight is 1410 g/mol. The third kappa shape index (κ3) is 39.2. The summed E-state index contributed by atoms with van der Waals surface area (Å²) < 4.78 is 77.5. The number of carbonyl (C=O) groups excluding carboxylic acids is 4. The van der Waals surface area contributed by atoms with Crippen LogP contribution in [0.3, 0.4) is 0 Å². The van der Waals surface area contributed by atoms with Crippen molar-refractivity contribution in [3.63, 3.8) is 0 Å². The Labute approximate surface area is 551 Å². The van der Waals surface area contributed by atoms with Gasteiger partial charge in [0.2, 0.25) is 0 Å². The third-order valence-electron chi connectivity index (χ3n) is 11.7. The molecule has 3 aromatic carbocycles. The van der Waals surface area contributed by atoms with Crippen LogP contribution in [0.5, 0.6) is 23.0 Å². The lowest BCUT2D eigenvalue weighted by Crippen LogP contribution is -2.60. The first kappa shape index (κ1) is 83.6. The second-order valence-electron chi connectivity index (χ2n) is 27.0. The fourth-order valence-electron chi connectivity index (χ4n) is 9.34. The molecule has 0 spiro atoms. The Balaban J connectivity index is 0.000000846. The monoisotopic (exact) mass is 1410 g/mol. The van der Waals surface area contributed by atoms with Crippen molar-refractivity contribution in [2.24, 2.45) is 0 Å². The normalized spacial score (nSPS) is 13.6. The second kappa shape index (κ2) is 38.7. The molecule has 0 saturated carbocycles. The van der Waals surface area contributed by atoms with Crippen LogP contribution in [0.15, 0.2) is 104 Å². The van der Waals surface area contributed by atoms with E-state index in [0.29, 0.717) is 40.6 Å². The van der Waals surface area contributed by atoms with Crippen LogP contribution in [0, 0.1) is 0 Å². The summed E-state index contributed by atoms with van der Waals surface area (Å²) in [5.74, 6) is 0.492. The number of carbonyl (C=O) groups is 4. The standard InChI is InChI=1S/C36H63NO9Si5.C17H21NO5.C9H28O3Si4/c1-30(2)35(38)41-26-25-37-36(39)42-33-24-23-32(29-34(33)40-3)22-18-27-50(12,44-48(7,8)9)46-51(13,45-49(10,11)43-47(4,5)6)28-17-21-31-19-15-14-16-20-31;1-5-6-13-7-8-14(15(11-13)21-4)23-17(20)18-9-10-22-16(19)12(2)3;1-13(10-14(2,3)4)11-16(8,9)12-15(5,6)7/h14-16,19-20,23-24,29H,1,17-18,21-22,25-28H2,2-13H3,(H,37,39);5,7-8,11H,1-2,6,9-10H2,3-4H3,(H,18,20);13H,1-9H3. The van der Waals surface area contributed by atoms with Gasteiger partial charge in [0.1, 0.15) is 13.2 Å². The number of aryl methyl sites for hydroxylation is 2. The maximum absolute atomic E-state index is 12.4. The molecule has 0 fully saturated rings. The molecule has 0 heterocycles. The van der Waals surface area contributed by atoms with Gasteiger partial charge in [-0.25, -0.2) is 19.2 Å². The molecule has 0 saturated heterocycles. The zero-order valence-corrected chi connectivity index (χ0v) is 68.0. The number of esters is 2. The van der Waals surface area contributed by atoms with Gasteiger partial charge in [-0.2, -0.15) is 0 Å². The van der Waals surface area contributed by atoms with Crippen LogP contribution >= 0.6 is 0 Å². The largest absolute Gasteiger partial charge is 0.493 e. The van der Waals surface area contributed by atoms with E-state index in [1.807, 2.05) is 18.2 Å². The van der Waals surface area contributed by atoms with E-state index in [4.69, 9.17) is 57.2 Å². The van der Waals surface area contributed by atoms with Crippen LogP contribution < -0.4 is 29.6 Å². The molecule has 19 nitrogen and oxygen atoms in total. The van der Waals surface area contributed by atoms with Crippen LogP contribution in [0.25, 0.3) is 0 Å². The maximum Gasteiger partial charge on any atom is 0.412 e. The number of nitrogens with one attached hydrogen (secondary N) is 2. The molecule has 3 atom stereocenters. The molecule has 3 rings (SSSR count). The Morgan fingerprint density at radius 2 is 0.900 bits per heavy atom. The van der Waals surface area contributed by atoms with Crippen LogP contribution in [0.4, 0.5) is 9.59 Å². The number of hydrogen-bond acceptors (Lipinski definition) is 17. The molecule has 508 valence electrons. The lowest BCUT2D eigenvalue weighted by molar-refractivity contribution is -0.139. The summed E-state index contributed by atoms with van der Waals surface area (Å²) in [6, 6.07) is 23.1. The first-order valence-corrected chi connectivity index (χ1v) is 57.1. The minimum absolute atomic E-state index is 0.0115. The molecule has 3 aromatic rings. The first-order valence-electron chi connectivity index (χ1n) is 30.7. The number of amides is 2. The predicted octanol–water partition coefficient (Wildman–Crippen LogP) is 14.9. The Morgan fingerprint density at radius 1 is 0.489 bits per heavy atom. The lowest BCUT2D eigenvalue weighted by Gasteiger charge is -2.44. The average Bonchev–Trinajstić information content (AvgIpc) is 2.23. The van der Waals surface area contributed by atoms with E-state index < -0.39 is 101 Å². The summed E-state index contributed by atoms with van der Waals surface area (Å²) in [7, 11) is -15.2. The van der Waals surface area contributed by atoms with Gasteiger partial charge in [0.25, 0.3) is 9.28 Å². The number of hydrogen-bond donors (Lipinski definition) is 2. The van der Waals surface area contributed by atoms with Crippen LogP contribution in [-0.2, 0) is 67.1 Å². The molecular formula is C62H112N2O17Si9. The van der Waals surface area contributed by atoms with Crippen molar-refractivity contribution in [2.45, 2.75) is 182 Å². The van der Waals surface area contributed by atoms with Crippen molar-refractivity contribution >= 4 is 101 Å². The van der Waals surface area contributed by atoms with Gasteiger partial charge in [0.15, 0.2) is 56.3 Å². The van der Waals surface area contributed by atoms with Crippen molar-refractivity contribution in [1.82, 2.24) is 10.6 Å². The summed E-state index contributed by atoms with van der Waals surface area (Å²) in [5, 5.41) is 5.05. The number of benzene rings is 3. The van der Waals surface area contributed by atoms with Crippen LogP contribution in [-0.4, -0.2) is 141 Å². The molecule has 0 bridgehead atoms. The van der Waals surface area contributed by atoms with Gasteiger partial charge in [0, 0.05) is 11.1 Å². The highest BCUT2D eigenvalue weighted by molar-refractivity contribution is 6.91. The quantitative estimate of drug-likeness (QED) is 0.0182. The summed E-state index contributed by atoms with van der Waals surface area (Å²) in [5.41, 5.74) is 3.96. The van der Waals surface area contributed by atoms with Gasteiger partial charge in [0.05, 0.1) is 27.3 Å². The third-order valence-corrected chi connectivity index (χ3v) is 42.1. The van der Waals surface area contributed by atoms with Crippen molar-refractivity contribution < 1.29 is 76.4 Å². The van der Waals surface area contributed by atoms with Crippen LogP contribution in [0.1, 0.15) is 43.4 Å². The number of allylic oxidation sites excluding steroid dienone is 1. The molecule has 0 radical (unpaired) electrons. The van der Waals surface area contributed by atoms with E-state index >= 15 is 0 Å². The van der Waals surface area contributed by atoms with Gasteiger partial charge in [-0.05, 0) is 223 Å². The fraction of sp³-hybridized carbons (Fsp3) is 0.548. The SMILES string of the molecule is C=C(C)C(=O)OCCNC(=O)Oc1ccc(CCC[Si](C)(O[Si](C)(C)C)O[Si](C)(CCCc2ccccc2)O[Si](C)(C)O[Si](C)(C)C)cc1OC.C=CCc1ccc(OC(=O)NCCOC(=O)C(=C)C)c(OC)c1.C[SiH](O[Si](C)(C)C)O[Si](C)(C)O[Si](C)(C)C. The topological polar surface area (TPSA) is 212 Å². The Morgan fingerprint density at radius 3 is 1.31 bits per heavy atom. The zero-order chi connectivity index (χ0) is 69.0. The van der Waals surface area contributed by atoms with E-state index in [1.165, 1.54) is 12.7 Å². The molecule has 0 aromatic heterocycles. The highest BCUT2D eigenvalue weighted by Gasteiger charge is 2.49. The van der Waals surface area contributed by atoms with Gasteiger partial charge < -0.3 is 67.9 Å². The maximum atomic E-state index is 12.4. The van der Waals surface area contributed by atoms with Gasteiger partial charge in [-0.3, -0.25) is 0 Å². The van der Waals surface area contributed by atoms with Gasteiger partial charge in [-0.1, -0.05) is 61.7 Å². The lowest BCUT2D eigenvalue weighted by atomic mass is 10.1. The van der Waals surface area contributed by atoms with E-state index in [1.54, 1.807) is 45.2 Å².